The second kappa shape index (κ2) is 5.20. The lowest BCUT2D eigenvalue weighted by atomic mass is 10.5. The van der Waals surface area contributed by atoms with Crippen molar-refractivity contribution in [1.29, 1.82) is 0 Å². The summed E-state index contributed by atoms with van der Waals surface area (Å²) in [5, 5.41) is 2.88. The monoisotopic (exact) mass is 125 g/mol. The molecule has 2 heteroatoms. The molecular weight excluding hydrogens is 114 g/mol. The highest BCUT2D eigenvalue weighted by atomic mass is 16.5. The molecule has 9 heavy (non-hydrogen) atoms. The topological polar surface area (TPSA) is 21.3 Å². The Morgan fingerprint density at radius 2 is 2.56 bits per heavy atom. The highest BCUT2D eigenvalue weighted by Gasteiger charge is 1.86. The van der Waals surface area contributed by atoms with E-state index >= 15 is 0 Å². The van der Waals surface area contributed by atoms with Crippen molar-refractivity contribution in [3.63, 3.8) is 0 Å². The summed E-state index contributed by atoms with van der Waals surface area (Å²) in [5.41, 5.74) is 0.815. The smallest absolute Gasteiger partial charge is 0.0852 e. The molecule has 0 atom stereocenters. The van der Waals surface area contributed by atoms with Crippen LogP contribution in [0, 0.1) is 12.3 Å². The van der Waals surface area contributed by atoms with E-state index in [0.717, 1.165) is 5.70 Å². The third kappa shape index (κ3) is 4.92. The molecular formula is C7H11NO. The largest absolute Gasteiger partial charge is 0.379 e. The first-order valence-electron chi connectivity index (χ1n) is 2.65. The van der Waals surface area contributed by atoms with Crippen molar-refractivity contribution >= 4 is 0 Å². The average molecular weight is 125 g/mol. The van der Waals surface area contributed by atoms with Gasteiger partial charge >= 0.3 is 0 Å². The Morgan fingerprint density at radius 1 is 1.89 bits per heavy atom. The van der Waals surface area contributed by atoms with Crippen molar-refractivity contribution in [2.75, 3.05) is 20.3 Å². The van der Waals surface area contributed by atoms with Crippen LogP contribution in [0.15, 0.2) is 12.3 Å². The van der Waals surface area contributed by atoms with Crippen LogP contribution in [0.5, 0.6) is 0 Å². The van der Waals surface area contributed by atoms with Crippen LogP contribution in [0.4, 0.5) is 0 Å². The van der Waals surface area contributed by atoms with Gasteiger partial charge in [-0.05, 0) is 0 Å². The van der Waals surface area contributed by atoms with Gasteiger partial charge in [0.05, 0.1) is 13.2 Å². The van der Waals surface area contributed by atoms with Crippen molar-refractivity contribution in [2.24, 2.45) is 0 Å². The van der Waals surface area contributed by atoms with E-state index in [1.807, 2.05) is 0 Å². The Balaban J connectivity index is 3.19. The first-order valence-corrected chi connectivity index (χ1v) is 2.65. The standard InChI is InChI=1S/C7H11NO/c1-4-5-8-7(2)6-9-3/h1,8H,2,5-6H2,3H3. The van der Waals surface area contributed by atoms with Gasteiger partial charge in [-0.2, -0.15) is 0 Å². The van der Waals surface area contributed by atoms with E-state index in [2.05, 4.69) is 17.8 Å². The lowest BCUT2D eigenvalue weighted by molar-refractivity contribution is 0.221. The van der Waals surface area contributed by atoms with Crippen molar-refractivity contribution in [1.82, 2.24) is 5.32 Å². The van der Waals surface area contributed by atoms with Crippen LogP contribution in [0.25, 0.3) is 0 Å². The molecule has 0 aliphatic carbocycles. The zero-order valence-electron chi connectivity index (χ0n) is 5.61. The zero-order chi connectivity index (χ0) is 7.11. The van der Waals surface area contributed by atoms with Crippen LogP contribution in [-0.2, 0) is 4.74 Å². The summed E-state index contributed by atoms with van der Waals surface area (Å²) in [6.45, 7) is 4.68. The second-order valence-electron chi connectivity index (χ2n) is 1.59. The van der Waals surface area contributed by atoms with Crippen LogP contribution in [0.1, 0.15) is 0 Å². The average Bonchev–Trinajstić information content (AvgIpc) is 1.85. The van der Waals surface area contributed by atoms with Gasteiger partial charge in [-0.25, -0.2) is 0 Å². The van der Waals surface area contributed by atoms with Crippen LogP contribution in [-0.4, -0.2) is 20.3 Å². The maximum absolute atomic E-state index is 4.98. The Kier molecular flexibility index (Phi) is 4.66. The van der Waals surface area contributed by atoms with Crippen LogP contribution in [0.3, 0.4) is 0 Å². The Hall–Kier alpha value is -0.940. The number of terminal acetylenes is 1. The number of nitrogens with one attached hydrogen (secondary N) is 1. The van der Waals surface area contributed by atoms with Crippen LogP contribution < -0.4 is 5.32 Å². The predicted octanol–water partition coefficient (Wildman–Crippen LogP) is 0.369. The summed E-state index contributed by atoms with van der Waals surface area (Å²) < 4.78 is 4.77. The summed E-state index contributed by atoms with van der Waals surface area (Å²) in [5.74, 6) is 2.43. The quantitative estimate of drug-likeness (QED) is 0.548. The lowest BCUT2D eigenvalue weighted by Crippen LogP contribution is -2.15. The van der Waals surface area contributed by atoms with Gasteiger partial charge < -0.3 is 10.1 Å². The number of hydrogen-bond acceptors (Lipinski definition) is 2. The van der Waals surface area contributed by atoms with Gasteiger partial charge in [-0.3, -0.25) is 0 Å². The molecule has 0 fully saturated rings. The third-order valence-electron chi connectivity index (χ3n) is 0.759. The van der Waals surface area contributed by atoms with Crippen molar-refractivity contribution < 1.29 is 4.74 Å². The van der Waals surface area contributed by atoms with Crippen molar-refractivity contribution in [2.45, 2.75) is 0 Å². The van der Waals surface area contributed by atoms with E-state index in [4.69, 9.17) is 11.2 Å². The van der Waals surface area contributed by atoms with Crippen molar-refractivity contribution in [3.8, 4) is 12.3 Å². The molecule has 0 saturated heterocycles. The van der Waals surface area contributed by atoms with Gasteiger partial charge in [-0.15, -0.1) is 6.42 Å². The van der Waals surface area contributed by atoms with E-state index < -0.39 is 0 Å². The molecule has 0 radical (unpaired) electrons. The maximum atomic E-state index is 4.98. The molecule has 0 unspecified atom stereocenters. The Labute approximate surface area is 55.9 Å². The second-order valence-corrected chi connectivity index (χ2v) is 1.59. The molecule has 0 saturated carbocycles. The SMILES string of the molecule is C#CCNC(=C)COC. The number of ether oxygens (including phenoxy) is 1. The fourth-order valence-electron chi connectivity index (χ4n) is 0.401. The minimum Gasteiger partial charge on any atom is -0.379 e. The summed E-state index contributed by atoms with van der Waals surface area (Å²) in [4.78, 5) is 0. The first kappa shape index (κ1) is 8.06. The molecule has 0 bridgehead atoms. The number of rotatable bonds is 4. The Bertz CT molecular complexity index is 123. The highest BCUT2D eigenvalue weighted by Crippen LogP contribution is 1.81. The third-order valence-corrected chi connectivity index (χ3v) is 0.759. The minimum absolute atomic E-state index is 0.516. The predicted molar refractivity (Wildman–Crippen MR) is 37.9 cm³/mol. The Morgan fingerprint density at radius 3 is 3.00 bits per heavy atom. The van der Waals surface area contributed by atoms with Gasteiger partial charge in [0.1, 0.15) is 0 Å². The molecule has 0 aromatic carbocycles. The van der Waals surface area contributed by atoms with Gasteiger partial charge in [0.15, 0.2) is 0 Å². The highest BCUT2D eigenvalue weighted by molar-refractivity contribution is 4.97. The van der Waals surface area contributed by atoms with Gasteiger partial charge in [0.2, 0.25) is 0 Å². The van der Waals surface area contributed by atoms with Crippen LogP contribution >= 0.6 is 0 Å². The summed E-state index contributed by atoms with van der Waals surface area (Å²) in [6, 6.07) is 0. The molecule has 0 rings (SSSR count). The molecule has 0 amide bonds. The van der Waals surface area contributed by atoms with Gasteiger partial charge in [0.25, 0.3) is 0 Å². The van der Waals surface area contributed by atoms with E-state index in [1.54, 1.807) is 7.11 Å². The summed E-state index contributed by atoms with van der Waals surface area (Å²) >= 11 is 0. The molecule has 0 aliphatic rings. The van der Waals surface area contributed by atoms with Gasteiger partial charge in [0, 0.05) is 12.8 Å². The van der Waals surface area contributed by atoms with E-state index in [1.165, 1.54) is 0 Å². The van der Waals surface area contributed by atoms with Crippen LogP contribution in [0.2, 0.25) is 0 Å². The van der Waals surface area contributed by atoms with E-state index in [0.29, 0.717) is 13.2 Å². The maximum Gasteiger partial charge on any atom is 0.0852 e. The molecule has 0 heterocycles. The fraction of sp³-hybridized carbons (Fsp3) is 0.429. The van der Waals surface area contributed by atoms with Crippen molar-refractivity contribution in [3.05, 3.63) is 12.3 Å². The zero-order valence-corrected chi connectivity index (χ0v) is 5.61. The molecule has 2 nitrogen and oxygen atoms in total. The first-order chi connectivity index (χ1) is 4.31. The molecule has 1 N–H and O–H groups in total. The molecule has 0 aliphatic heterocycles. The fourth-order valence-corrected chi connectivity index (χ4v) is 0.401. The van der Waals surface area contributed by atoms with E-state index in [9.17, 15) is 0 Å². The number of hydrogen-bond donors (Lipinski definition) is 1. The summed E-state index contributed by atoms with van der Waals surface area (Å²) in [7, 11) is 1.61. The lowest BCUT2D eigenvalue weighted by Gasteiger charge is -2.03. The number of methoxy groups -OCH3 is 1. The molecule has 0 aromatic heterocycles. The van der Waals surface area contributed by atoms with E-state index in [-0.39, 0.29) is 0 Å². The van der Waals surface area contributed by atoms with Gasteiger partial charge in [-0.1, -0.05) is 12.5 Å². The minimum atomic E-state index is 0.516. The molecule has 0 aromatic rings. The molecule has 50 valence electrons. The summed E-state index contributed by atoms with van der Waals surface area (Å²) in [6.07, 6.45) is 4.98. The normalized spacial score (nSPS) is 8.00. The molecule has 0 spiro atoms.